The first-order chi connectivity index (χ1) is 9.95. The number of rotatable bonds is 5. The summed E-state index contributed by atoms with van der Waals surface area (Å²) in [5, 5.41) is 4.68. The van der Waals surface area contributed by atoms with Crippen molar-refractivity contribution in [2.24, 2.45) is 7.05 Å². The van der Waals surface area contributed by atoms with Gasteiger partial charge in [-0.15, -0.1) is 0 Å². The van der Waals surface area contributed by atoms with E-state index < -0.39 is 0 Å². The average Bonchev–Trinajstić information content (AvgIpc) is 2.82. The highest BCUT2D eigenvalue weighted by atomic mass is 79.9. The Morgan fingerprint density at radius 3 is 2.90 bits per heavy atom. The van der Waals surface area contributed by atoms with Crippen molar-refractivity contribution >= 4 is 33.4 Å². The second-order valence-corrected chi connectivity index (χ2v) is 5.93. The molecule has 5 nitrogen and oxygen atoms in total. The zero-order valence-corrected chi connectivity index (χ0v) is 14.1. The van der Waals surface area contributed by atoms with Crippen LogP contribution >= 0.6 is 27.5 Å². The zero-order valence-electron chi connectivity index (χ0n) is 11.7. The van der Waals surface area contributed by atoms with Crippen molar-refractivity contribution in [3.63, 3.8) is 0 Å². The molecule has 112 valence electrons. The van der Waals surface area contributed by atoms with E-state index in [9.17, 15) is 4.79 Å². The van der Waals surface area contributed by atoms with Gasteiger partial charge in [-0.1, -0.05) is 11.6 Å². The van der Waals surface area contributed by atoms with Gasteiger partial charge in [-0.05, 0) is 34.1 Å². The lowest BCUT2D eigenvalue weighted by molar-refractivity contribution is -0.132. The number of carbonyl (C=O) groups excluding carboxylic acids is 1. The quantitative estimate of drug-likeness (QED) is 0.811. The monoisotopic (exact) mass is 371 g/mol. The van der Waals surface area contributed by atoms with Crippen LogP contribution in [0.2, 0.25) is 5.02 Å². The first-order valence-corrected chi connectivity index (χ1v) is 7.42. The Labute approximate surface area is 136 Å². The minimum atomic E-state index is -0.110. The van der Waals surface area contributed by atoms with Gasteiger partial charge >= 0.3 is 0 Å². The Bertz CT molecular complexity index is 645. The van der Waals surface area contributed by atoms with Crippen LogP contribution in [0.3, 0.4) is 0 Å². The molecular weight excluding hydrogens is 358 g/mol. The van der Waals surface area contributed by atoms with Crippen molar-refractivity contribution in [1.82, 2.24) is 14.7 Å². The molecule has 2 aromatic rings. The second-order valence-electron chi connectivity index (χ2n) is 4.64. The summed E-state index contributed by atoms with van der Waals surface area (Å²) in [6.45, 7) is 0.467. The van der Waals surface area contributed by atoms with E-state index in [-0.39, 0.29) is 12.5 Å². The van der Waals surface area contributed by atoms with Gasteiger partial charge in [0, 0.05) is 37.4 Å². The Kier molecular flexibility index (Phi) is 5.25. The van der Waals surface area contributed by atoms with Crippen LogP contribution in [0.15, 0.2) is 35.1 Å². The molecule has 2 rings (SSSR count). The Morgan fingerprint density at radius 1 is 1.52 bits per heavy atom. The maximum absolute atomic E-state index is 12.0. The van der Waals surface area contributed by atoms with E-state index in [0.29, 0.717) is 17.3 Å². The molecule has 0 N–H and O–H groups in total. The van der Waals surface area contributed by atoms with Crippen molar-refractivity contribution in [1.29, 1.82) is 0 Å². The van der Waals surface area contributed by atoms with Crippen LogP contribution < -0.4 is 4.74 Å². The molecule has 0 atom stereocenters. The molecule has 0 aliphatic rings. The third-order valence-electron chi connectivity index (χ3n) is 2.85. The van der Waals surface area contributed by atoms with Crippen molar-refractivity contribution in [3.8, 4) is 5.75 Å². The maximum Gasteiger partial charge on any atom is 0.260 e. The maximum atomic E-state index is 12.0. The van der Waals surface area contributed by atoms with Gasteiger partial charge in [0.15, 0.2) is 6.61 Å². The fourth-order valence-corrected chi connectivity index (χ4v) is 2.55. The van der Waals surface area contributed by atoms with E-state index in [1.807, 2.05) is 13.2 Å². The summed E-state index contributed by atoms with van der Waals surface area (Å²) >= 11 is 9.20. The molecule has 0 fully saturated rings. The summed E-state index contributed by atoms with van der Waals surface area (Å²) < 4.78 is 7.92. The molecule has 0 aliphatic heterocycles. The minimum Gasteiger partial charge on any atom is -0.483 e. The minimum absolute atomic E-state index is 0.0308. The van der Waals surface area contributed by atoms with Gasteiger partial charge < -0.3 is 9.64 Å². The highest BCUT2D eigenvalue weighted by molar-refractivity contribution is 9.10. The topological polar surface area (TPSA) is 47.4 Å². The number of amides is 1. The number of halogens is 2. The van der Waals surface area contributed by atoms with E-state index in [1.54, 1.807) is 41.0 Å². The van der Waals surface area contributed by atoms with Crippen LogP contribution in [-0.2, 0) is 18.4 Å². The summed E-state index contributed by atoms with van der Waals surface area (Å²) in [5.41, 5.74) is 0.973. The molecule has 0 spiro atoms. The van der Waals surface area contributed by atoms with Crippen LogP contribution in [-0.4, -0.2) is 34.2 Å². The van der Waals surface area contributed by atoms with E-state index in [4.69, 9.17) is 16.3 Å². The van der Waals surface area contributed by atoms with Crippen LogP contribution in [0, 0.1) is 0 Å². The highest BCUT2D eigenvalue weighted by Gasteiger charge is 2.12. The smallest absolute Gasteiger partial charge is 0.260 e. The van der Waals surface area contributed by atoms with Crippen LogP contribution in [0.25, 0.3) is 0 Å². The summed E-state index contributed by atoms with van der Waals surface area (Å²) in [5.74, 6) is 0.475. The molecule has 21 heavy (non-hydrogen) atoms. The number of benzene rings is 1. The molecule has 1 aromatic carbocycles. The lowest BCUT2D eigenvalue weighted by Gasteiger charge is -2.17. The fourth-order valence-electron chi connectivity index (χ4n) is 1.76. The van der Waals surface area contributed by atoms with E-state index in [0.717, 1.165) is 10.0 Å². The summed E-state index contributed by atoms with van der Waals surface area (Å²) in [7, 11) is 3.57. The molecule has 1 amide bonds. The van der Waals surface area contributed by atoms with Gasteiger partial charge in [-0.25, -0.2) is 0 Å². The normalized spacial score (nSPS) is 10.5. The Hall–Kier alpha value is -1.53. The van der Waals surface area contributed by atoms with Gasteiger partial charge in [0.1, 0.15) is 5.75 Å². The summed E-state index contributed by atoms with van der Waals surface area (Å²) in [6.07, 6.45) is 3.61. The van der Waals surface area contributed by atoms with Crippen LogP contribution in [0.5, 0.6) is 5.75 Å². The average molecular weight is 373 g/mol. The Balaban J connectivity index is 1.89. The van der Waals surface area contributed by atoms with Crippen molar-refractivity contribution in [2.45, 2.75) is 6.54 Å². The van der Waals surface area contributed by atoms with Gasteiger partial charge in [-0.2, -0.15) is 5.10 Å². The predicted octanol–water partition coefficient (Wildman–Crippen LogP) is 2.87. The summed E-state index contributed by atoms with van der Waals surface area (Å²) in [4.78, 5) is 13.6. The van der Waals surface area contributed by atoms with E-state index in [2.05, 4.69) is 21.0 Å². The molecule has 0 aliphatic carbocycles. The van der Waals surface area contributed by atoms with Gasteiger partial charge in [0.25, 0.3) is 5.91 Å². The number of nitrogens with zero attached hydrogens (tertiary/aromatic N) is 3. The predicted molar refractivity (Wildman–Crippen MR) is 84.3 cm³/mol. The number of carbonyl (C=O) groups is 1. The number of aryl methyl sites for hydroxylation is 1. The zero-order chi connectivity index (χ0) is 15.4. The summed E-state index contributed by atoms with van der Waals surface area (Å²) in [6, 6.07) is 5.16. The molecular formula is C14H15BrClN3O2. The van der Waals surface area contributed by atoms with E-state index in [1.165, 1.54) is 0 Å². The third kappa shape index (κ3) is 4.47. The van der Waals surface area contributed by atoms with Crippen molar-refractivity contribution in [3.05, 3.63) is 45.7 Å². The largest absolute Gasteiger partial charge is 0.483 e. The standard InChI is InChI=1S/C14H15BrClN3O2/c1-18(7-10-6-17-19(2)8-10)14(20)9-21-13-4-3-11(16)5-12(13)15/h3-6,8H,7,9H2,1-2H3. The van der Waals surface area contributed by atoms with Crippen molar-refractivity contribution in [2.75, 3.05) is 13.7 Å². The first-order valence-electron chi connectivity index (χ1n) is 6.25. The molecule has 0 unspecified atom stereocenters. The molecule has 1 aromatic heterocycles. The van der Waals surface area contributed by atoms with E-state index >= 15 is 0 Å². The van der Waals surface area contributed by atoms with Crippen LogP contribution in [0.4, 0.5) is 0 Å². The molecule has 0 saturated heterocycles. The molecule has 1 heterocycles. The van der Waals surface area contributed by atoms with Crippen LogP contribution in [0.1, 0.15) is 5.56 Å². The number of ether oxygens (including phenoxy) is 1. The molecule has 0 saturated carbocycles. The Morgan fingerprint density at radius 2 is 2.29 bits per heavy atom. The third-order valence-corrected chi connectivity index (χ3v) is 3.70. The number of hydrogen-bond acceptors (Lipinski definition) is 3. The molecule has 7 heteroatoms. The SMILES string of the molecule is CN(Cc1cnn(C)c1)C(=O)COc1ccc(Cl)cc1Br. The number of likely N-dealkylation sites (N-methyl/N-ethyl adjacent to an activating group) is 1. The van der Waals surface area contributed by atoms with Gasteiger partial charge in [0.2, 0.25) is 0 Å². The lowest BCUT2D eigenvalue weighted by Crippen LogP contribution is -2.30. The molecule has 0 bridgehead atoms. The number of hydrogen-bond donors (Lipinski definition) is 0. The van der Waals surface area contributed by atoms with Crippen molar-refractivity contribution < 1.29 is 9.53 Å². The van der Waals surface area contributed by atoms with Gasteiger partial charge in [0.05, 0.1) is 10.7 Å². The number of aromatic nitrogens is 2. The lowest BCUT2D eigenvalue weighted by atomic mass is 10.3. The van der Waals surface area contributed by atoms with Gasteiger partial charge in [-0.3, -0.25) is 9.48 Å². The fraction of sp³-hybridized carbons (Fsp3) is 0.286. The highest BCUT2D eigenvalue weighted by Crippen LogP contribution is 2.27. The first kappa shape index (κ1) is 15.9. The second kappa shape index (κ2) is 6.95. The molecule has 0 radical (unpaired) electrons.